The van der Waals surface area contributed by atoms with Crippen LogP contribution in [0.4, 0.5) is 0 Å². The summed E-state index contributed by atoms with van der Waals surface area (Å²) < 4.78 is 6.08. The van der Waals surface area contributed by atoms with Crippen LogP contribution in [0.3, 0.4) is 0 Å². The maximum atomic E-state index is 6.08. The molecule has 0 radical (unpaired) electrons. The molecule has 0 bridgehead atoms. The molecule has 0 aliphatic rings. The van der Waals surface area contributed by atoms with Crippen molar-refractivity contribution in [1.29, 1.82) is 0 Å². The molecule has 3 nitrogen and oxygen atoms in total. The summed E-state index contributed by atoms with van der Waals surface area (Å²) in [4.78, 5) is 10.6. The summed E-state index contributed by atoms with van der Waals surface area (Å²) in [5, 5.41) is 9.36. The van der Waals surface area contributed by atoms with Gasteiger partial charge < -0.3 is 4.42 Å². The maximum Gasteiger partial charge on any atom is 0.161 e. The van der Waals surface area contributed by atoms with Gasteiger partial charge in [-0.05, 0) is 73.8 Å². The molecule has 228 valence electrons. The normalized spacial score (nSPS) is 11.7. The summed E-state index contributed by atoms with van der Waals surface area (Å²) in [5.74, 6) is 0.717. The van der Waals surface area contributed by atoms with E-state index in [4.69, 9.17) is 14.4 Å². The predicted octanol–water partition coefficient (Wildman–Crippen LogP) is 12.5. The fraction of sp³-hybridized carbons (Fsp3) is 0. The van der Waals surface area contributed by atoms with Crippen LogP contribution in [0.5, 0.6) is 0 Å². The molecule has 0 aliphatic heterocycles. The zero-order valence-corrected chi connectivity index (χ0v) is 26.5. The van der Waals surface area contributed by atoms with Crippen molar-refractivity contribution in [2.75, 3.05) is 0 Å². The largest absolute Gasteiger partial charge is 0.456 e. The maximum absolute atomic E-state index is 6.08. The first-order valence-electron chi connectivity index (χ1n) is 16.6. The van der Waals surface area contributed by atoms with E-state index >= 15 is 0 Å². The fourth-order valence-corrected chi connectivity index (χ4v) is 7.26. The van der Waals surface area contributed by atoms with E-state index in [1.807, 2.05) is 18.2 Å². The van der Waals surface area contributed by atoms with E-state index in [2.05, 4.69) is 152 Å². The van der Waals surface area contributed by atoms with E-state index in [0.717, 1.165) is 77.7 Å². The third-order valence-electron chi connectivity index (χ3n) is 9.68. The summed E-state index contributed by atoms with van der Waals surface area (Å²) >= 11 is 0. The highest BCUT2D eigenvalue weighted by Gasteiger charge is 2.17. The van der Waals surface area contributed by atoms with Gasteiger partial charge >= 0.3 is 0 Å². The van der Waals surface area contributed by atoms with Crippen molar-refractivity contribution in [1.82, 2.24) is 9.97 Å². The lowest BCUT2D eigenvalue weighted by Crippen LogP contribution is -1.98. The van der Waals surface area contributed by atoms with Crippen LogP contribution < -0.4 is 0 Å². The van der Waals surface area contributed by atoms with Crippen molar-refractivity contribution >= 4 is 54.3 Å². The van der Waals surface area contributed by atoms with Crippen molar-refractivity contribution < 1.29 is 4.42 Å². The highest BCUT2D eigenvalue weighted by molar-refractivity contribution is 6.19. The Hall–Kier alpha value is -6.58. The van der Waals surface area contributed by atoms with Crippen molar-refractivity contribution in [3.8, 4) is 45.0 Å². The van der Waals surface area contributed by atoms with Crippen LogP contribution >= 0.6 is 0 Å². The fourth-order valence-electron chi connectivity index (χ4n) is 7.26. The van der Waals surface area contributed by atoms with E-state index in [9.17, 15) is 0 Å². The Bertz CT molecular complexity index is 2870. The lowest BCUT2D eigenvalue weighted by Gasteiger charge is -2.15. The molecule has 0 unspecified atom stereocenters. The molecule has 3 heteroatoms. The minimum Gasteiger partial charge on any atom is -0.456 e. The zero-order valence-electron chi connectivity index (χ0n) is 26.5. The third kappa shape index (κ3) is 4.59. The molecule has 0 N–H and O–H groups in total. The van der Waals surface area contributed by atoms with Gasteiger partial charge in [-0.25, -0.2) is 9.97 Å². The van der Waals surface area contributed by atoms with Crippen LogP contribution in [0.2, 0.25) is 0 Å². The number of furan rings is 1. The summed E-state index contributed by atoms with van der Waals surface area (Å²) in [7, 11) is 0. The first-order valence-corrected chi connectivity index (χ1v) is 16.6. The van der Waals surface area contributed by atoms with Gasteiger partial charge in [0.05, 0.1) is 11.4 Å². The Labute approximate surface area is 282 Å². The highest BCUT2D eigenvalue weighted by Crippen LogP contribution is 2.40. The Kier molecular flexibility index (Phi) is 6.18. The summed E-state index contributed by atoms with van der Waals surface area (Å²) in [5.41, 5.74) is 9.01. The van der Waals surface area contributed by atoms with Crippen LogP contribution in [-0.4, -0.2) is 9.97 Å². The second-order valence-corrected chi connectivity index (χ2v) is 12.6. The minimum absolute atomic E-state index is 0.717. The van der Waals surface area contributed by atoms with Crippen LogP contribution in [0.15, 0.2) is 174 Å². The van der Waals surface area contributed by atoms with Gasteiger partial charge in [0.2, 0.25) is 0 Å². The van der Waals surface area contributed by atoms with Gasteiger partial charge in [0.25, 0.3) is 0 Å². The molecular formula is C46H28N2O. The first-order chi connectivity index (χ1) is 24.3. The molecule has 8 aromatic carbocycles. The summed E-state index contributed by atoms with van der Waals surface area (Å²) in [6.07, 6.45) is 0. The number of rotatable bonds is 4. The third-order valence-corrected chi connectivity index (χ3v) is 9.68. The van der Waals surface area contributed by atoms with Gasteiger partial charge in [-0.2, -0.15) is 0 Å². The number of aromatic nitrogens is 2. The quantitative estimate of drug-likeness (QED) is 0.144. The molecular weight excluding hydrogens is 597 g/mol. The van der Waals surface area contributed by atoms with E-state index in [1.165, 1.54) is 21.5 Å². The molecule has 10 aromatic rings. The van der Waals surface area contributed by atoms with Crippen LogP contribution in [0.25, 0.3) is 99.3 Å². The number of nitrogens with zero attached hydrogens (tertiary/aromatic N) is 2. The number of hydrogen-bond acceptors (Lipinski definition) is 3. The van der Waals surface area contributed by atoms with Crippen molar-refractivity contribution in [3.63, 3.8) is 0 Å². The van der Waals surface area contributed by atoms with E-state index in [1.54, 1.807) is 0 Å². The molecule has 2 heterocycles. The molecule has 0 fully saturated rings. The lowest BCUT2D eigenvalue weighted by atomic mass is 9.92. The second-order valence-electron chi connectivity index (χ2n) is 12.6. The Balaban J connectivity index is 1.16. The van der Waals surface area contributed by atoms with Crippen LogP contribution in [-0.2, 0) is 0 Å². The Morgan fingerprint density at radius 2 is 0.939 bits per heavy atom. The Morgan fingerprint density at radius 1 is 0.327 bits per heavy atom. The van der Waals surface area contributed by atoms with Gasteiger partial charge in [0, 0.05) is 27.5 Å². The molecule has 0 amide bonds. The number of para-hydroxylation sites is 1. The number of fused-ring (bicyclic) bond motifs is 7. The number of hydrogen-bond donors (Lipinski definition) is 0. The van der Waals surface area contributed by atoms with Crippen molar-refractivity contribution in [2.45, 2.75) is 0 Å². The SMILES string of the molecule is c1ccc(-c2cc(-c3ccc(-c4ccc5oc6ccccc6c5c4)cc3)nc(-c3c4ccccc4cc4c3ccc3ccccc34)n2)cc1. The molecule has 10 rings (SSSR count). The average molecular weight is 625 g/mol. The molecule has 0 spiro atoms. The van der Waals surface area contributed by atoms with E-state index < -0.39 is 0 Å². The zero-order chi connectivity index (χ0) is 32.3. The molecule has 2 aromatic heterocycles. The lowest BCUT2D eigenvalue weighted by molar-refractivity contribution is 0.669. The molecule has 0 aliphatic carbocycles. The molecule has 0 saturated heterocycles. The predicted molar refractivity (Wildman–Crippen MR) is 204 cm³/mol. The smallest absolute Gasteiger partial charge is 0.161 e. The first kappa shape index (κ1) is 27.5. The summed E-state index contributed by atoms with van der Waals surface area (Å²) in [6.45, 7) is 0. The topological polar surface area (TPSA) is 38.9 Å². The number of benzene rings is 8. The van der Waals surface area contributed by atoms with Crippen LogP contribution in [0.1, 0.15) is 0 Å². The molecule has 49 heavy (non-hydrogen) atoms. The van der Waals surface area contributed by atoms with E-state index in [-0.39, 0.29) is 0 Å². The van der Waals surface area contributed by atoms with Crippen molar-refractivity contribution in [2.24, 2.45) is 0 Å². The van der Waals surface area contributed by atoms with Crippen molar-refractivity contribution in [3.05, 3.63) is 170 Å². The molecule has 0 saturated carbocycles. The van der Waals surface area contributed by atoms with E-state index in [0.29, 0.717) is 0 Å². The minimum atomic E-state index is 0.717. The van der Waals surface area contributed by atoms with Gasteiger partial charge in [0.1, 0.15) is 11.2 Å². The standard InChI is InChI=1S/C46H28N2O/c1-2-11-31(12-3-1)41-28-42(32-20-18-29(19-21-32)33-23-25-44-40(26-33)37-16-8-9-17-43(37)49-44)48-46(47-41)45-36-15-7-5-13-34(36)27-39-35-14-6-4-10-30(35)22-24-38(39)45/h1-28H. The van der Waals surface area contributed by atoms with Crippen LogP contribution in [0, 0.1) is 0 Å². The monoisotopic (exact) mass is 624 g/mol. The summed E-state index contributed by atoms with van der Waals surface area (Å²) in [6, 6.07) is 59.7. The van der Waals surface area contributed by atoms with Gasteiger partial charge in [0.15, 0.2) is 5.82 Å². The van der Waals surface area contributed by atoms with Gasteiger partial charge in [-0.1, -0.05) is 140 Å². The Morgan fingerprint density at radius 3 is 1.76 bits per heavy atom. The average Bonchev–Trinajstić information content (AvgIpc) is 3.55. The van der Waals surface area contributed by atoms with Gasteiger partial charge in [-0.3, -0.25) is 0 Å². The highest BCUT2D eigenvalue weighted by atomic mass is 16.3. The van der Waals surface area contributed by atoms with Gasteiger partial charge in [-0.15, -0.1) is 0 Å². The second kappa shape index (κ2) is 11.0. The molecule has 0 atom stereocenters.